The minimum atomic E-state index is 0.0522. The van der Waals surface area contributed by atoms with Crippen molar-refractivity contribution < 1.29 is 4.79 Å². The fourth-order valence-electron chi connectivity index (χ4n) is 2.68. The summed E-state index contributed by atoms with van der Waals surface area (Å²) in [6.45, 7) is 3.10. The molecule has 1 aliphatic rings. The van der Waals surface area contributed by atoms with Gasteiger partial charge in [0.25, 0.3) is 0 Å². The minimum Gasteiger partial charge on any atom is -0.399 e. The zero-order chi connectivity index (χ0) is 15.2. The second-order valence-corrected chi connectivity index (χ2v) is 5.97. The number of likely N-dealkylation sites (tertiary alicyclic amines) is 1. The third kappa shape index (κ3) is 4.90. The number of likely N-dealkylation sites (N-methyl/N-ethyl adjacent to an activating group) is 1. The molecule has 1 aromatic rings. The van der Waals surface area contributed by atoms with E-state index < -0.39 is 0 Å². The summed E-state index contributed by atoms with van der Waals surface area (Å²) in [5.41, 5.74) is 7.39. The summed E-state index contributed by atoms with van der Waals surface area (Å²) in [5, 5.41) is 0. The van der Waals surface area contributed by atoms with Gasteiger partial charge < -0.3 is 15.5 Å². The molecule has 0 aromatic heterocycles. The first-order chi connectivity index (χ1) is 10.0. The summed E-state index contributed by atoms with van der Waals surface area (Å²) in [5.74, 6) is 0.673. The van der Waals surface area contributed by atoms with Crippen LogP contribution in [0.4, 0.5) is 5.69 Å². The largest absolute Gasteiger partial charge is 0.399 e. The maximum absolute atomic E-state index is 12.1. The van der Waals surface area contributed by atoms with Gasteiger partial charge >= 0.3 is 0 Å². The van der Waals surface area contributed by atoms with Crippen molar-refractivity contribution in [2.45, 2.75) is 12.8 Å². The second-order valence-electron chi connectivity index (χ2n) is 5.97. The second kappa shape index (κ2) is 7.27. The van der Waals surface area contributed by atoms with E-state index in [1.165, 1.54) is 12.8 Å². The Bertz CT molecular complexity index is 505. The van der Waals surface area contributed by atoms with E-state index in [1.54, 1.807) is 6.08 Å². The van der Waals surface area contributed by atoms with E-state index in [4.69, 9.17) is 5.73 Å². The highest BCUT2D eigenvalue weighted by atomic mass is 16.2. The Balaban J connectivity index is 1.85. The summed E-state index contributed by atoms with van der Waals surface area (Å²) in [6, 6.07) is 7.53. The highest BCUT2D eigenvalue weighted by Crippen LogP contribution is 2.17. The lowest BCUT2D eigenvalue weighted by atomic mass is 9.96. The Hall–Kier alpha value is -1.81. The van der Waals surface area contributed by atoms with Gasteiger partial charge in [-0.15, -0.1) is 0 Å². The van der Waals surface area contributed by atoms with Crippen molar-refractivity contribution in [2.75, 3.05) is 39.5 Å². The molecule has 0 atom stereocenters. The number of anilines is 1. The Morgan fingerprint density at radius 3 is 2.81 bits per heavy atom. The number of hydrogen-bond acceptors (Lipinski definition) is 3. The Morgan fingerprint density at radius 1 is 1.43 bits per heavy atom. The molecule has 2 N–H and O–H groups in total. The number of nitrogens with zero attached hydrogens (tertiary/aromatic N) is 2. The van der Waals surface area contributed by atoms with Crippen molar-refractivity contribution in [1.82, 2.24) is 9.80 Å². The maximum atomic E-state index is 12.1. The molecule has 1 fully saturated rings. The van der Waals surface area contributed by atoms with Crippen LogP contribution in [0.2, 0.25) is 0 Å². The molecule has 0 spiro atoms. The number of benzene rings is 1. The molecule has 0 aliphatic carbocycles. The zero-order valence-electron chi connectivity index (χ0n) is 13.0. The summed E-state index contributed by atoms with van der Waals surface area (Å²) >= 11 is 0. The van der Waals surface area contributed by atoms with Crippen molar-refractivity contribution in [1.29, 1.82) is 0 Å². The predicted molar refractivity (Wildman–Crippen MR) is 87.7 cm³/mol. The van der Waals surface area contributed by atoms with Crippen LogP contribution in [-0.4, -0.2) is 49.4 Å². The first-order valence-electron chi connectivity index (χ1n) is 7.52. The highest BCUT2D eigenvalue weighted by molar-refractivity contribution is 5.91. The Kier molecular flexibility index (Phi) is 5.39. The van der Waals surface area contributed by atoms with Gasteiger partial charge in [0.05, 0.1) is 0 Å². The van der Waals surface area contributed by atoms with Crippen molar-refractivity contribution >= 4 is 17.7 Å². The van der Waals surface area contributed by atoms with E-state index in [0.29, 0.717) is 11.6 Å². The van der Waals surface area contributed by atoms with Crippen LogP contribution in [0.25, 0.3) is 6.08 Å². The molecule has 1 aliphatic heterocycles. The molecule has 4 heteroatoms. The van der Waals surface area contributed by atoms with Gasteiger partial charge in [0.15, 0.2) is 0 Å². The molecule has 1 aromatic carbocycles. The fourth-order valence-corrected chi connectivity index (χ4v) is 2.68. The molecule has 1 amide bonds. The van der Waals surface area contributed by atoms with E-state index in [1.807, 2.05) is 42.3 Å². The molecular weight excluding hydrogens is 262 g/mol. The van der Waals surface area contributed by atoms with Crippen LogP contribution in [0.3, 0.4) is 0 Å². The zero-order valence-corrected chi connectivity index (χ0v) is 13.0. The van der Waals surface area contributed by atoms with Crippen molar-refractivity contribution in [3.63, 3.8) is 0 Å². The number of piperidine rings is 1. The first kappa shape index (κ1) is 15.6. The number of nitrogens with two attached hydrogens (primary N) is 1. The van der Waals surface area contributed by atoms with Crippen LogP contribution < -0.4 is 5.73 Å². The molecule has 1 heterocycles. The number of hydrogen-bond donors (Lipinski definition) is 1. The topological polar surface area (TPSA) is 49.6 Å². The highest BCUT2D eigenvalue weighted by Gasteiger charge is 2.19. The lowest BCUT2D eigenvalue weighted by molar-refractivity contribution is -0.125. The Morgan fingerprint density at radius 2 is 2.14 bits per heavy atom. The van der Waals surface area contributed by atoms with Crippen LogP contribution in [0.5, 0.6) is 0 Å². The van der Waals surface area contributed by atoms with Crippen LogP contribution >= 0.6 is 0 Å². The van der Waals surface area contributed by atoms with E-state index in [0.717, 1.165) is 25.2 Å². The predicted octanol–water partition coefficient (Wildman–Crippen LogP) is 2.08. The summed E-state index contributed by atoms with van der Waals surface area (Å²) in [7, 11) is 4.03. The molecule has 0 saturated carbocycles. The third-order valence-corrected chi connectivity index (χ3v) is 4.08. The van der Waals surface area contributed by atoms with Gasteiger partial charge in [-0.25, -0.2) is 0 Å². The number of carbonyl (C=O) groups excluding carboxylic acids is 1. The van der Waals surface area contributed by atoms with Crippen LogP contribution in [0.1, 0.15) is 18.4 Å². The molecule has 0 radical (unpaired) electrons. The fraction of sp³-hybridized carbons (Fsp3) is 0.471. The smallest absolute Gasteiger partial charge is 0.246 e. The van der Waals surface area contributed by atoms with Crippen molar-refractivity contribution in [3.8, 4) is 0 Å². The van der Waals surface area contributed by atoms with E-state index in [-0.39, 0.29) is 5.91 Å². The molecule has 0 unspecified atom stereocenters. The van der Waals surface area contributed by atoms with E-state index in [9.17, 15) is 4.79 Å². The van der Waals surface area contributed by atoms with Crippen LogP contribution in [0.15, 0.2) is 30.3 Å². The van der Waals surface area contributed by atoms with E-state index >= 15 is 0 Å². The summed E-state index contributed by atoms with van der Waals surface area (Å²) < 4.78 is 0. The molecule has 21 heavy (non-hydrogen) atoms. The van der Waals surface area contributed by atoms with Gasteiger partial charge in [0.1, 0.15) is 0 Å². The van der Waals surface area contributed by atoms with Crippen LogP contribution in [-0.2, 0) is 4.79 Å². The average Bonchev–Trinajstić information content (AvgIpc) is 2.47. The lowest BCUT2D eigenvalue weighted by Gasteiger charge is -2.31. The van der Waals surface area contributed by atoms with Crippen molar-refractivity contribution in [3.05, 3.63) is 35.9 Å². The number of carbonyl (C=O) groups is 1. The standard InChI is InChI=1S/C17H25N3O/c1-19-10-8-15(9-11-19)13-20(2)17(21)7-6-14-4-3-5-16(18)12-14/h3-7,12,15H,8-11,13,18H2,1-2H3/b7-6+. The number of amides is 1. The molecule has 0 bridgehead atoms. The molecule has 114 valence electrons. The number of nitrogen functional groups attached to an aromatic ring is 1. The maximum Gasteiger partial charge on any atom is 0.246 e. The quantitative estimate of drug-likeness (QED) is 0.681. The van der Waals surface area contributed by atoms with Gasteiger partial charge in [0, 0.05) is 25.4 Å². The molecule has 2 rings (SSSR count). The number of rotatable bonds is 4. The molecule has 4 nitrogen and oxygen atoms in total. The third-order valence-electron chi connectivity index (χ3n) is 4.08. The average molecular weight is 287 g/mol. The van der Waals surface area contributed by atoms with Gasteiger partial charge in [0.2, 0.25) is 5.91 Å². The molecule has 1 saturated heterocycles. The van der Waals surface area contributed by atoms with Gasteiger partial charge in [-0.2, -0.15) is 0 Å². The van der Waals surface area contributed by atoms with Gasteiger partial charge in [-0.3, -0.25) is 4.79 Å². The lowest BCUT2D eigenvalue weighted by Crippen LogP contribution is -2.37. The normalized spacial score (nSPS) is 17.2. The summed E-state index contributed by atoms with van der Waals surface area (Å²) in [6.07, 6.45) is 5.80. The Labute approximate surface area is 127 Å². The SMILES string of the molecule is CN1CCC(CN(C)C(=O)/C=C/c2cccc(N)c2)CC1. The van der Waals surface area contributed by atoms with Crippen molar-refractivity contribution in [2.24, 2.45) is 5.92 Å². The first-order valence-corrected chi connectivity index (χ1v) is 7.52. The minimum absolute atomic E-state index is 0.0522. The van der Waals surface area contributed by atoms with E-state index in [2.05, 4.69) is 11.9 Å². The molecular formula is C17H25N3O. The monoisotopic (exact) mass is 287 g/mol. The van der Waals surface area contributed by atoms with Gasteiger partial charge in [-0.05, 0) is 62.7 Å². The van der Waals surface area contributed by atoms with Gasteiger partial charge in [-0.1, -0.05) is 12.1 Å². The summed E-state index contributed by atoms with van der Waals surface area (Å²) in [4.78, 5) is 16.3. The van der Waals surface area contributed by atoms with Crippen LogP contribution in [0, 0.1) is 5.92 Å².